The van der Waals surface area contributed by atoms with Crippen LogP contribution in [0.25, 0.3) is 5.57 Å². The first-order valence-electron chi connectivity index (χ1n) is 5.61. The SMILES string of the molecule is CCOc1cc(C)c(/C(C)=C/C(=O)O)cc1C. The molecule has 0 saturated carbocycles. The minimum atomic E-state index is -0.923. The van der Waals surface area contributed by atoms with Gasteiger partial charge in [0.1, 0.15) is 5.75 Å². The number of carbonyl (C=O) groups is 1. The Bertz CT molecular complexity index is 459. The Hall–Kier alpha value is -1.77. The summed E-state index contributed by atoms with van der Waals surface area (Å²) in [5.41, 5.74) is 3.74. The maximum atomic E-state index is 10.6. The monoisotopic (exact) mass is 234 g/mol. The van der Waals surface area contributed by atoms with Crippen LogP contribution in [0.3, 0.4) is 0 Å². The second-order valence-electron chi connectivity index (χ2n) is 4.03. The number of aryl methyl sites for hydroxylation is 2. The molecule has 1 aromatic carbocycles. The Kier molecular flexibility index (Phi) is 4.32. The van der Waals surface area contributed by atoms with Gasteiger partial charge in [-0.15, -0.1) is 0 Å². The maximum absolute atomic E-state index is 10.6. The molecule has 3 nitrogen and oxygen atoms in total. The van der Waals surface area contributed by atoms with E-state index in [9.17, 15) is 4.79 Å². The van der Waals surface area contributed by atoms with Crippen molar-refractivity contribution in [1.82, 2.24) is 0 Å². The smallest absolute Gasteiger partial charge is 0.328 e. The van der Waals surface area contributed by atoms with Crippen molar-refractivity contribution in [3.63, 3.8) is 0 Å². The van der Waals surface area contributed by atoms with Crippen LogP contribution in [0, 0.1) is 13.8 Å². The summed E-state index contributed by atoms with van der Waals surface area (Å²) < 4.78 is 5.50. The lowest BCUT2D eigenvalue weighted by atomic mass is 9.98. The van der Waals surface area contributed by atoms with Crippen LogP contribution >= 0.6 is 0 Å². The van der Waals surface area contributed by atoms with Crippen molar-refractivity contribution in [3.05, 3.63) is 34.9 Å². The number of carboxylic acid groups (broad SMARTS) is 1. The van der Waals surface area contributed by atoms with Gasteiger partial charge in [0.05, 0.1) is 6.61 Å². The summed E-state index contributed by atoms with van der Waals surface area (Å²) in [5.74, 6) is -0.0645. The number of aliphatic carboxylic acids is 1. The Morgan fingerprint density at radius 1 is 1.35 bits per heavy atom. The Morgan fingerprint density at radius 3 is 2.53 bits per heavy atom. The normalized spacial score (nSPS) is 11.4. The number of rotatable bonds is 4. The first-order valence-corrected chi connectivity index (χ1v) is 5.61. The van der Waals surface area contributed by atoms with E-state index in [1.807, 2.05) is 32.9 Å². The molecular formula is C14H18O3. The van der Waals surface area contributed by atoms with E-state index >= 15 is 0 Å². The van der Waals surface area contributed by atoms with Gasteiger partial charge >= 0.3 is 5.97 Å². The van der Waals surface area contributed by atoms with Crippen LogP contribution in [-0.4, -0.2) is 17.7 Å². The lowest BCUT2D eigenvalue weighted by molar-refractivity contribution is -0.131. The van der Waals surface area contributed by atoms with E-state index in [0.29, 0.717) is 6.61 Å². The fourth-order valence-electron chi connectivity index (χ4n) is 1.79. The quantitative estimate of drug-likeness (QED) is 0.814. The summed E-state index contributed by atoms with van der Waals surface area (Å²) in [6, 6.07) is 3.92. The van der Waals surface area contributed by atoms with Gasteiger partial charge in [0, 0.05) is 6.08 Å². The third-order valence-electron chi connectivity index (χ3n) is 2.59. The molecule has 0 fully saturated rings. The van der Waals surface area contributed by atoms with Gasteiger partial charge in [-0.2, -0.15) is 0 Å². The summed E-state index contributed by atoms with van der Waals surface area (Å²) in [7, 11) is 0. The van der Waals surface area contributed by atoms with Gasteiger partial charge < -0.3 is 9.84 Å². The molecule has 0 amide bonds. The molecule has 0 spiro atoms. The first-order chi connectivity index (χ1) is 7.95. The molecule has 0 aliphatic carbocycles. The van der Waals surface area contributed by atoms with Crippen molar-refractivity contribution in [2.24, 2.45) is 0 Å². The minimum Gasteiger partial charge on any atom is -0.494 e. The third-order valence-corrected chi connectivity index (χ3v) is 2.59. The zero-order chi connectivity index (χ0) is 13.0. The summed E-state index contributed by atoms with van der Waals surface area (Å²) in [4.78, 5) is 10.6. The first kappa shape index (κ1) is 13.3. The molecule has 1 rings (SSSR count). The molecule has 0 atom stereocenters. The van der Waals surface area contributed by atoms with Crippen molar-refractivity contribution < 1.29 is 14.6 Å². The van der Waals surface area contributed by atoms with Gasteiger partial charge in [0.25, 0.3) is 0 Å². The van der Waals surface area contributed by atoms with Crippen LogP contribution in [0.15, 0.2) is 18.2 Å². The second kappa shape index (κ2) is 5.53. The van der Waals surface area contributed by atoms with Crippen LogP contribution < -0.4 is 4.74 Å². The van der Waals surface area contributed by atoms with Gasteiger partial charge in [-0.05, 0) is 62.1 Å². The average molecular weight is 234 g/mol. The van der Waals surface area contributed by atoms with E-state index in [1.165, 1.54) is 6.08 Å². The van der Waals surface area contributed by atoms with Crippen LogP contribution in [0.4, 0.5) is 0 Å². The molecule has 0 radical (unpaired) electrons. The summed E-state index contributed by atoms with van der Waals surface area (Å²) in [5, 5.41) is 8.74. The Balaban J connectivity index is 3.20. The zero-order valence-electron chi connectivity index (χ0n) is 10.7. The molecular weight excluding hydrogens is 216 g/mol. The van der Waals surface area contributed by atoms with Crippen LogP contribution in [0.2, 0.25) is 0 Å². The number of allylic oxidation sites excluding steroid dienone is 1. The van der Waals surface area contributed by atoms with E-state index < -0.39 is 5.97 Å². The van der Waals surface area contributed by atoms with E-state index in [4.69, 9.17) is 9.84 Å². The fourth-order valence-corrected chi connectivity index (χ4v) is 1.79. The summed E-state index contributed by atoms with van der Waals surface area (Å²) in [6.07, 6.45) is 1.22. The van der Waals surface area contributed by atoms with Crippen molar-refractivity contribution in [3.8, 4) is 5.75 Å². The summed E-state index contributed by atoms with van der Waals surface area (Å²) >= 11 is 0. The van der Waals surface area contributed by atoms with Gasteiger partial charge in [0.2, 0.25) is 0 Å². The summed E-state index contributed by atoms with van der Waals surface area (Å²) in [6.45, 7) is 8.29. The second-order valence-corrected chi connectivity index (χ2v) is 4.03. The van der Waals surface area contributed by atoms with Crippen LogP contribution in [0.1, 0.15) is 30.5 Å². The van der Waals surface area contributed by atoms with Gasteiger partial charge in [0.15, 0.2) is 0 Å². The highest BCUT2D eigenvalue weighted by molar-refractivity contribution is 5.90. The molecule has 1 aromatic rings. The highest BCUT2D eigenvalue weighted by Gasteiger charge is 2.07. The number of carboxylic acids is 1. The Labute approximate surface area is 102 Å². The largest absolute Gasteiger partial charge is 0.494 e. The van der Waals surface area contributed by atoms with Crippen molar-refractivity contribution in [2.75, 3.05) is 6.61 Å². The number of benzene rings is 1. The number of hydrogen-bond acceptors (Lipinski definition) is 2. The molecule has 0 aromatic heterocycles. The molecule has 0 aliphatic rings. The lowest BCUT2D eigenvalue weighted by Crippen LogP contribution is -1.98. The molecule has 0 heterocycles. The van der Waals surface area contributed by atoms with Crippen molar-refractivity contribution in [2.45, 2.75) is 27.7 Å². The molecule has 0 unspecified atom stereocenters. The predicted molar refractivity (Wildman–Crippen MR) is 68.4 cm³/mol. The highest BCUT2D eigenvalue weighted by atomic mass is 16.5. The molecule has 92 valence electrons. The average Bonchev–Trinajstić information content (AvgIpc) is 2.22. The molecule has 0 bridgehead atoms. The third kappa shape index (κ3) is 3.34. The lowest BCUT2D eigenvalue weighted by Gasteiger charge is -2.12. The standard InChI is InChI=1S/C14H18O3/c1-5-17-13-7-9(2)12(6-11(13)4)10(3)8-14(15)16/h6-8H,5H2,1-4H3,(H,15,16)/b10-8+. The van der Waals surface area contributed by atoms with Crippen molar-refractivity contribution >= 4 is 11.5 Å². The Morgan fingerprint density at radius 2 is 2.00 bits per heavy atom. The minimum absolute atomic E-state index is 0.629. The molecule has 1 N–H and O–H groups in total. The molecule has 0 saturated heterocycles. The fraction of sp³-hybridized carbons (Fsp3) is 0.357. The number of ether oxygens (including phenoxy) is 1. The van der Waals surface area contributed by atoms with E-state index in [1.54, 1.807) is 6.92 Å². The molecule has 17 heavy (non-hydrogen) atoms. The van der Waals surface area contributed by atoms with E-state index in [0.717, 1.165) is 28.0 Å². The van der Waals surface area contributed by atoms with Gasteiger partial charge in [-0.25, -0.2) is 4.79 Å². The maximum Gasteiger partial charge on any atom is 0.328 e. The van der Waals surface area contributed by atoms with E-state index in [-0.39, 0.29) is 0 Å². The highest BCUT2D eigenvalue weighted by Crippen LogP contribution is 2.27. The van der Waals surface area contributed by atoms with Gasteiger partial charge in [-0.1, -0.05) is 0 Å². The molecule has 0 aliphatic heterocycles. The molecule has 3 heteroatoms. The van der Waals surface area contributed by atoms with E-state index in [2.05, 4.69) is 0 Å². The van der Waals surface area contributed by atoms with Gasteiger partial charge in [-0.3, -0.25) is 0 Å². The predicted octanol–water partition coefficient (Wildman–Crippen LogP) is 3.19. The van der Waals surface area contributed by atoms with Crippen molar-refractivity contribution in [1.29, 1.82) is 0 Å². The van der Waals surface area contributed by atoms with Crippen LogP contribution in [0.5, 0.6) is 5.75 Å². The topological polar surface area (TPSA) is 46.5 Å². The number of hydrogen-bond donors (Lipinski definition) is 1. The zero-order valence-corrected chi connectivity index (χ0v) is 10.7. The van der Waals surface area contributed by atoms with Crippen LogP contribution in [-0.2, 0) is 4.79 Å².